The van der Waals surface area contributed by atoms with Crippen LogP contribution in [0.5, 0.6) is 0 Å². The highest BCUT2D eigenvalue weighted by molar-refractivity contribution is 5.49. The molecule has 21 heavy (non-hydrogen) atoms. The molecule has 1 saturated carbocycles. The number of hydrogen-bond acceptors (Lipinski definition) is 5. The molecule has 2 atom stereocenters. The molecule has 0 radical (unpaired) electrons. The van der Waals surface area contributed by atoms with Crippen LogP contribution in [-0.2, 0) is 11.3 Å². The highest BCUT2D eigenvalue weighted by Crippen LogP contribution is 2.37. The molecule has 1 fully saturated rings. The number of aromatic nitrogens is 2. The van der Waals surface area contributed by atoms with E-state index in [0.717, 1.165) is 36.3 Å². The standard InChI is InChI=1S/C16H28N4O/c1-4-7-12-9-13(12)18-15-10-14(17-8-5-2)19-16(20-15)11-21-6-3/h10,12-13H,4-9,11H2,1-3H3,(H2,17,18,19,20). The van der Waals surface area contributed by atoms with Crippen molar-refractivity contribution in [2.75, 3.05) is 23.8 Å². The van der Waals surface area contributed by atoms with Crippen molar-refractivity contribution in [3.63, 3.8) is 0 Å². The quantitative estimate of drug-likeness (QED) is 0.692. The third kappa shape index (κ3) is 5.16. The summed E-state index contributed by atoms with van der Waals surface area (Å²) in [6, 6.07) is 2.59. The summed E-state index contributed by atoms with van der Waals surface area (Å²) in [4.78, 5) is 9.07. The SMILES string of the molecule is CCCNc1cc(NC2CC2CCC)nc(COCC)n1. The smallest absolute Gasteiger partial charge is 0.158 e. The van der Waals surface area contributed by atoms with E-state index in [1.807, 2.05) is 13.0 Å². The first kappa shape index (κ1) is 16.0. The summed E-state index contributed by atoms with van der Waals surface area (Å²) in [6.07, 6.45) is 4.89. The zero-order valence-corrected chi connectivity index (χ0v) is 13.5. The van der Waals surface area contributed by atoms with Gasteiger partial charge in [-0.15, -0.1) is 0 Å². The van der Waals surface area contributed by atoms with Crippen molar-refractivity contribution in [1.29, 1.82) is 0 Å². The van der Waals surface area contributed by atoms with Crippen LogP contribution in [0, 0.1) is 5.92 Å². The molecule has 2 N–H and O–H groups in total. The molecule has 2 unspecified atom stereocenters. The van der Waals surface area contributed by atoms with E-state index >= 15 is 0 Å². The van der Waals surface area contributed by atoms with Crippen LogP contribution < -0.4 is 10.6 Å². The molecule has 5 heteroatoms. The third-order valence-corrected chi connectivity index (χ3v) is 3.68. The summed E-state index contributed by atoms with van der Waals surface area (Å²) in [6.45, 7) is 8.45. The zero-order chi connectivity index (χ0) is 15.1. The van der Waals surface area contributed by atoms with E-state index in [4.69, 9.17) is 4.74 Å². The molecule has 1 heterocycles. The van der Waals surface area contributed by atoms with Crippen molar-refractivity contribution in [3.05, 3.63) is 11.9 Å². The Morgan fingerprint density at radius 3 is 2.71 bits per heavy atom. The van der Waals surface area contributed by atoms with Crippen LogP contribution in [0.2, 0.25) is 0 Å². The largest absolute Gasteiger partial charge is 0.374 e. The van der Waals surface area contributed by atoms with Crippen LogP contribution in [0.4, 0.5) is 11.6 Å². The number of nitrogens with zero attached hydrogens (tertiary/aromatic N) is 2. The van der Waals surface area contributed by atoms with Crippen LogP contribution in [0.25, 0.3) is 0 Å². The molecule has 5 nitrogen and oxygen atoms in total. The predicted octanol–water partition coefficient (Wildman–Crippen LogP) is 3.44. The maximum Gasteiger partial charge on any atom is 0.158 e. The van der Waals surface area contributed by atoms with Gasteiger partial charge in [-0.2, -0.15) is 0 Å². The Kier molecular flexibility index (Phi) is 6.23. The monoisotopic (exact) mass is 292 g/mol. The van der Waals surface area contributed by atoms with Crippen molar-refractivity contribution in [1.82, 2.24) is 9.97 Å². The molecule has 1 aliphatic carbocycles. The second-order valence-electron chi connectivity index (χ2n) is 5.65. The molecule has 1 aliphatic rings. The van der Waals surface area contributed by atoms with Crippen molar-refractivity contribution in [3.8, 4) is 0 Å². The van der Waals surface area contributed by atoms with Crippen LogP contribution in [0.15, 0.2) is 6.07 Å². The van der Waals surface area contributed by atoms with E-state index < -0.39 is 0 Å². The van der Waals surface area contributed by atoms with Crippen molar-refractivity contribution >= 4 is 11.6 Å². The van der Waals surface area contributed by atoms with Gasteiger partial charge in [0.05, 0.1) is 0 Å². The molecule has 1 aromatic rings. The minimum atomic E-state index is 0.468. The lowest BCUT2D eigenvalue weighted by atomic mass is 10.2. The van der Waals surface area contributed by atoms with Gasteiger partial charge < -0.3 is 15.4 Å². The molecule has 2 rings (SSSR count). The van der Waals surface area contributed by atoms with Crippen molar-refractivity contribution in [2.24, 2.45) is 5.92 Å². The molecule has 0 amide bonds. The van der Waals surface area contributed by atoms with E-state index in [9.17, 15) is 0 Å². The predicted molar refractivity (Wildman–Crippen MR) is 86.6 cm³/mol. The average Bonchev–Trinajstić information content (AvgIpc) is 3.21. The van der Waals surface area contributed by atoms with E-state index in [0.29, 0.717) is 19.3 Å². The first-order valence-electron chi connectivity index (χ1n) is 8.22. The third-order valence-electron chi connectivity index (χ3n) is 3.68. The highest BCUT2D eigenvalue weighted by Gasteiger charge is 2.36. The molecule has 0 spiro atoms. The highest BCUT2D eigenvalue weighted by atomic mass is 16.5. The van der Waals surface area contributed by atoms with E-state index in [2.05, 4.69) is 34.4 Å². The minimum absolute atomic E-state index is 0.468. The van der Waals surface area contributed by atoms with Gasteiger partial charge in [0, 0.05) is 25.3 Å². The Morgan fingerprint density at radius 1 is 1.19 bits per heavy atom. The second-order valence-corrected chi connectivity index (χ2v) is 5.65. The lowest BCUT2D eigenvalue weighted by Crippen LogP contribution is -2.11. The Balaban J connectivity index is 2.00. The molecule has 118 valence electrons. The minimum Gasteiger partial charge on any atom is -0.374 e. The zero-order valence-electron chi connectivity index (χ0n) is 13.5. The van der Waals surface area contributed by atoms with Crippen LogP contribution in [-0.4, -0.2) is 29.2 Å². The fourth-order valence-electron chi connectivity index (χ4n) is 2.48. The first-order chi connectivity index (χ1) is 10.3. The van der Waals surface area contributed by atoms with Gasteiger partial charge in [-0.25, -0.2) is 9.97 Å². The lowest BCUT2D eigenvalue weighted by Gasteiger charge is -2.11. The molecule has 0 aromatic carbocycles. The number of hydrogen-bond donors (Lipinski definition) is 2. The van der Waals surface area contributed by atoms with Crippen LogP contribution in [0.3, 0.4) is 0 Å². The summed E-state index contributed by atoms with van der Waals surface area (Å²) in [5.74, 6) is 3.36. The van der Waals surface area contributed by atoms with Crippen molar-refractivity contribution < 1.29 is 4.74 Å². The summed E-state index contributed by atoms with van der Waals surface area (Å²) in [5.41, 5.74) is 0. The molecule has 0 saturated heterocycles. The summed E-state index contributed by atoms with van der Waals surface area (Å²) < 4.78 is 5.43. The van der Waals surface area contributed by atoms with E-state index in [1.54, 1.807) is 0 Å². The molecular weight excluding hydrogens is 264 g/mol. The molecule has 0 bridgehead atoms. The molecule has 0 aliphatic heterocycles. The van der Waals surface area contributed by atoms with Gasteiger partial charge in [0.1, 0.15) is 18.2 Å². The van der Waals surface area contributed by atoms with Gasteiger partial charge in [-0.1, -0.05) is 20.3 Å². The van der Waals surface area contributed by atoms with Gasteiger partial charge >= 0.3 is 0 Å². The Morgan fingerprint density at radius 2 is 2.00 bits per heavy atom. The Labute approximate surface area is 127 Å². The van der Waals surface area contributed by atoms with Gasteiger partial charge in [0.15, 0.2) is 5.82 Å². The van der Waals surface area contributed by atoms with Crippen LogP contribution in [0.1, 0.15) is 52.3 Å². The van der Waals surface area contributed by atoms with Crippen molar-refractivity contribution in [2.45, 2.75) is 59.1 Å². The first-order valence-corrected chi connectivity index (χ1v) is 8.22. The molecular formula is C16H28N4O. The van der Waals surface area contributed by atoms with Gasteiger partial charge in [-0.3, -0.25) is 0 Å². The molecule has 1 aromatic heterocycles. The topological polar surface area (TPSA) is 59.1 Å². The second kappa shape index (κ2) is 8.17. The average molecular weight is 292 g/mol. The van der Waals surface area contributed by atoms with Gasteiger partial charge in [0.25, 0.3) is 0 Å². The summed E-state index contributed by atoms with van der Waals surface area (Å²) >= 11 is 0. The Hall–Kier alpha value is -1.36. The van der Waals surface area contributed by atoms with Gasteiger partial charge in [-0.05, 0) is 32.1 Å². The Bertz CT molecular complexity index is 412. The number of rotatable bonds is 10. The summed E-state index contributed by atoms with van der Waals surface area (Å²) in [5, 5.41) is 6.87. The number of nitrogens with one attached hydrogen (secondary N) is 2. The maximum atomic E-state index is 5.43. The normalized spacial score (nSPS) is 20.3. The fraction of sp³-hybridized carbons (Fsp3) is 0.750. The number of ether oxygens (including phenoxy) is 1. The maximum absolute atomic E-state index is 5.43. The van der Waals surface area contributed by atoms with Gasteiger partial charge in [0.2, 0.25) is 0 Å². The summed E-state index contributed by atoms with van der Waals surface area (Å²) in [7, 11) is 0. The van der Waals surface area contributed by atoms with Crippen LogP contribution >= 0.6 is 0 Å². The lowest BCUT2D eigenvalue weighted by molar-refractivity contribution is 0.128. The fourth-order valence-corrected chi connectivity index (χ4v) is 2.48. The van der Waals surface area contributed by atoms with E-state index in [-0.39, 0.29) is 0 Å². The van der Waals surface area contributed by atoms with E-state index in [1.165, 1.54) is 19.3 Å². The number of anilines is 2.